The fraction of sp³-hybridized carbons (Fsp3) is 0.737. The van der Waals surface area contributed by atoms with Crippen LogP contribution in [0.25, 0.3) is 0 Å². The van der Waals surface area contributed by atoms with E-state index in [0.717, 1.165) is 12.8 Å². The number of piperidine rings is 2. The van der Waals surface area contributed by atoms with Gasteiger partial charge in [0.25, 0.3) is 0 Å². The van der Waals surface area contributed by atoms with Gasteiger partial charge in [-0.1, -0.05) is 27.4 Å². The predicted molar refractivity (Wildman–Crippen MR) is 96.7 cm³/mol. The SMILES string of the molecule is C=CC(=O)N1CCC(C(=O)NC2CCN(C(=O)C(C)(C)C)CC2)CC1. The lowest BCUT2D eigenvalue weighted by molar-refractivity contribution is -0.140. The summed E-state index contributed by atoms with van der Waals surface area (Å²) in [5.74, 6) is 0.181. The topological polar surface area (TPSA) is 69.7 Å². The molecule has 3 amide bonds. The Hall–Kier alpha value is -1.85. The normalized spacial score (nSPS) is 20.3. The molecule has 2 saturated heterocycles. The van der Waals surface area contributed by atoms with Crippen LogP contribution in [0.3, 0.4) is 0 Å². The van der Waals surface area contributed by atoms with Crippen molar-refractivity contribution in [2.75, 3.05) is 26.2 Å². The van der Waals surface area contributed by atoms with Crippen molar-refractivity contribution >= 4 is 17.7 Å². The summed E-state index contributed by atoms with van der Waals surface area (Å²) >= 11 is 0. The van der Waals surface area contributed by atoms with Crippen molar-refractivity contribution in [1.82, 2.24) is 15.1 Å². The molecule has 6 nitrogen and oxygen atoms in total. The minimum atomic E-state index is -0.354. The second kappa shape index (κ2) is 8.02. The highest BCUT2D eigenvalue weighted by Crippen LogP contribution is 2.22. The molecule has 0 unspecified atom stereocenters. The summed E-state index contributed by atoms with van der Waals surface area (Å²) in [6.45, 7) is 11.9. The largest absolute Gasteiger partial charge is 0.353 e. The fourth-order valence-electron chi connectivity index (χ4n) is 3.51. The predicted octanol–water partition coefficient (Wildman–Crippen LogP) is 1.56. The summed E-state index contributed by atoms with van der Waals surface area (Å²) in [6.07, 6.45) is 4.34. The summed E-state index contributed by atoms with van der Waals surface area (Å²) in [5.41, 5.74) is -0.354. The lowest BCUT2D eigenvalue weighted by Gasteiger charge is -2.37. The zero-order chi connectivity index (χ0) is 18.6. The monoisotopic (exact) mass is 349 g/mol. The molecule has 2 aliphatic heterocycles. The average Bonchev–Trinajstić information content (AvgIpc) is 2.60. The van der Waals surface area contributed by atoms with Crippen LogP contribution in [0.1, 0.15) is 46.5 Å². The zero-order valence-corrected chi connectivity index (χ0v) is 15.7. The first-order chi connectivity index (χ1) is 11.7. The highest BCUT2D eigenvalue weighted by atomic mass is 16.2. The molecule has 1 N–H and O–H groups in total. The molecular weight excluding hydrogens is 318 g/mol. The second-order valence-electron chi connectivity index (χ2n) is 8.13. The van der Waals surface area contributed by atoms with Crippen molar-refractivity contribution in [3.05, 3.63) is 12.7 Å². The van der Waals surface area contributed by atoms with Crippen LogP contribution < -0.4 is 5.32 Å². The first kappa shape index (κ1) is 19.5. The van der Waals surface area contributed by atoms with E-state index in [2.05, 4.69) is 11.9 Å². The molecule has 0 atom stereocenters. The highest BCUT2D eigenvalue weighted by molar-refractivity contribution is 5.87. The van der Waals surface area contributed by atoms with Crippen LogP contribution in [0.15, 0.2) is 12.7 Å². The summed E-state index contributed by atoms with van der Waals surface area (Å²) in [6, 6.07) is 0.143. The van der Waals surface area contributed by atoms with Gasteiger partial charge in [0.15, 0.2) is 0 Å². The van der Waals surface area contributed by atoms with Crippen LogP contribution in [-0.4, -0.2) is 59.7 Å². The minimum absolute atomic E-state index is 0.0249. The lowest BCUT2D eigenvalue weighted by atomic mass is 9.92. The van der Waals surface area contributed by atoms with E-state index in [0.29, 0.717) is 39.0 Å². The molecule has 140 valence electrons. The standard InChI is InChI=1S/C19H31N3O3/c1-5-16(23)21-10-6-14(7-11-21)17(24)20-15-8-12-22(13-9-15)18(25)19(2,3)4/h5,14-15H,1,6-13H2,2-4H3,(H,20,24). The van der Waals surface area contributed by atoms with E-state index >= 15 is 0 Å². The third kappa shape index (κ3) is 5.06. The summed E-state index contributed by atoms with van der Waals surface area (Å²) < 4.78 is 0. The summed E-state index contributed by atoms with van der Waals surface area (Å²) in [5, 5.41) is 3.14. The van der Waals surface area contributed by atoms with Crippen molar-refractivity contribution in [2.45, 2.75) is 52.5 Å². The Kier molecular flexibility index (Phi) is 6.25. The number of hydrogen-bond donors (Lipinski definition) is 1. The molecule has 0 aromatic rings. The number of hydrogen-bond acceptors (Lipinski definition) is 3. The molecular formula is C19H31N3O3. The van der Waals surface area contributed by atoms with Crippen LogP contribution >= 0.6 is 0 Å². The van der Waals surface area contributed by atoms with Crippen molar-refractivity contribution in [3.8, 4) is 0 Å². The Morgan fingerprint density at radius 2 is 1.48 bits per heavy atom. The molecule has 0 bridgehead atoms. The Balaban J connectivity index is 1.75. The van der Waals surface area contributed by atoms with Crippen LogP contribution in [0.5, 0.6) is 0 Å². The van der Waals surface area contributed by atoms with Gasteiger partial charge in [0, 0.05) is 43.6 Å². The maximum Gasteiger partial charge on any atom is 0.245 e. The Labute approximate surface area is 150 Å². The number of likely N-dealkylation sites (tertiary alicyclic amines) is 2. The third-order valence-electron chi connectivity index (χ3n) is 5.12. The molecule has 0 aromatic heterocycles. The second-order valence-corrected chi connectivity index (χ2v) is 8.13. The number of carbonyl (C=O) groups excluding carboxylic acids is 3. The number of rotatable bonds is 3. The first-order valence-electron chi connectivity index (χ1n) is 9.23. The number of carbonyl (C=O) groups is 3. The molecule has 0 saturated carbocycles. The molecule has 0 radical (unpaired) electrons. The van der Waals surface area contributed by atoms with Gasteiger partial charge in [0.05, 0.1) is 0 Å². The number of nitrogens with one attached hydrogen (secondary N) is 1. The van der Waals surface area contributed by atoms with E-state index in [1.165, 1.54) is 6.08 Å². The van der Waals surface area contributed by atoms with Gasteiger partial charge in [-0.25, -0.2) is 0 Å². The van der Waals surface area contributed by atoms with Crippen molar-refractivity contribution in [2.24, 2.45) is 11.3 Å². The molecule has 2 rings (SSSR count). The fourth-order valence-corrected chi connectivity index (χ4v) is 3.51. The third-order valence-corrected chi connectivity index (χ3v) is 5.12. The summed E-state index contributed by atoms with van der Waals surface area (Å²) in [4.78, 5) is 40.0. The van der Waals surface area contributed by atoms with E-state index in [4.69, 9.17) is 0 Å². The Morgan fingerprint density at radius 3 is 1.96 bits per heavy atom. The molecule has 2 aliphatic rings. The molecule has 0 spiro atoms. The van der Waals surface area contributed by atoms with E-state index in [1.54, 1.807) is 4.90 Å². The quantitative estimate of drug-likeness (QED) is 0.786. The minimum Gasteiger partial charge on any atom is -0.353 e. The molecule has 0 aromatic carbocycles. The van der Waals surface area contributed by atoms with Gasteiger partial charge in [-0.2, -0.15) is 0 Å². The first-order valence-corrected chi connectivity index (χ1v) is 9.23. The summed E-state index contributed by atoms with van der Waals surface area (Å²) in [7, 11) is 0. The molecule has 6 heteroatoms. The van der Waals surface area contributed by atoms with E-state index in [-0.39, 0.29) is 35.1 Å². The van der Waals surface area contributed by atoms with Gasteiger partial charge in [-0.05, 0) is 31.8 Å². The molecule has 2 fully saturated rings. The van der Waals surface area contributed by atoms with Gasteiger partial charge in [-0.15, -0.1) is 0 Å². The smallest absolute Gasteiger partial charge is 0.245 e. The zero-order valence-electron chi connectivity index (χ0n) is 15.7. The lowest BCUT2D eigenvalue weighted by Crippen LogP contribution is -2.51. The van der Waals surface area contributed by atoms with Crippen LogP contribution in [0, 0.1) is 11.3 Å². The van der Waals surface area contributed by atoms with Gasteiger partial charge in [0.2, 0.25) is 17.7 Å². The maximum atomic E-state index is 12.5. The average molecular weight is 349 g/mol. The number of amides is 3. The van der Waals surface area contributed by atoms with Crippen LogP contribution in [0.2, 0.25) is 0 Å². The van der Waals surface area contributed by atoms with Crippen molar-refractivity contribution in [1.29, 1.82) is 0 Å². The Morgan fingerprint density at radius 1 is 0.960 bits per heavy atom. The van der Waals surface area contributed by atoms with Gasteiger partial charge in [0.1, 0.15) is 0 Å². The molecule has 0 aliphatic carbocycles. The van der Waals surface area contributed by atoms with Crippen LogP contribution in [0.4, 0.5) is 0 Å². The van der Waals surface area contributed by atoms with Crippen LogP contribution in [-0.2, 0) is 14.4 Å². The van der Waals surface area contributed by atoms with Gasteiger partial charge in [-0.3, -0.25) is 14.4 Å². The van der Waals surface area contributed by atoms with Gasteiger partial charge >= 0.3 is 0 Å². The Bertz CT molecular complexity index is 523. The number of nitrogens with zero attached hydrogens (tertiary/aromatic N) is 2. The van der Waals surface area contributed by atoms with E-state index < -0.39 is 0 Å². The molecule has 2 heterocycles. The van der Waals surface area contributed by atoms with Crippen molar-refractivity contribution < 1.29 is 14.4 Å². The van der Waals surface area contributed by atoms with E-state index in [9.17, 15) is 14.4 Å². The maximum absolute atomic E-state index is 12.5. The van der Waals surface area contributed by atoms with Crippen molar-refractivity contribution in [3.63, 3.8) is 0 Å². The van der Waals surface area contributed by atoms with Gasteiger partial charge < -0.3 is 15.1 Å². The highest BCUT2D eigenvalue weighted by Gasteiger charge is 2.32. The molecule has 25 heavy (non-hydrogen) atoms. The van der Waals surface area contributed by atoms with E-state index in [1.807, 2.05) is 25.7 Å².